The van der Waals surface area contributed by atoms with E-state index in [2.05, 4.69) is 75.9 Å². The van der Waals surface area contributed by atoms with E-state index >= 15 is 0 Å². The first-order chi connectivity index (χ1) is 15.7. The number of aryl methyl sites for hydroxylation is 1. The number of nitrogens with zero attached hydrogens (tertiary/aromatic N) is 3. The highest BCUT2D eigenvalue weighted by atomic mass is 16.2. The zero-order chi connectivity index (χ0) is 21.9. The number of carbonyl (C=O) groups is 1. The summed E-state index contributed by atoms with van der Waals surface area (Å²) in [5, 5.41) is 1.31. The minimum absolute atomic E-state index is 0.224. The Kier molecular flexibility index (Phi) is 6.31. The number of amides is 1. The van der Waals surface area contributed by atoms with Crippen molar-refractivity contribution in [1.29, 1.82) is 0 Å². The second-order valence-corrected chi connectivity index (χ2v) is 9.64. The third kappa shape index (κ3) is 4.47. The van der Waals surface area contributed by atoms with E-state index in [0.29, 0.717) is 5.91 Å². The molecule has 0 spiro atoms. The van der Waals surface area contributed by atoms with Crippen molar-refractivity contribution in [3.8, 4) is 0 Å². The third-order valence-corrected chi connectivity index (χ3v) is 7.48. The highest BCUT2D eigenvalue weighted by Crippen LogP contribution is 2.26. The zero-order valence-corrected chi connectivity index (χ0v) is 19.3. The molecule has 2 aliphatic heterocycles. The van der Waals surface area contributed by atoms with Gasteiger partial charge in [0.1, 0.15) is 0 Å². The molecule has 32 heavy (non-hydrogen) atoms. The van der Waals surface area contributed by atoms with Gasteiger partial charge in [-0.3, -0.25) is 9.69 Å². The Morgan fingerprint density at radius 1 is 0.875 bits per heavy atom. The van der Waals surface area contributed by atoms with Crippen molar-refractivity contribution in [3.63, 3.8) is 0 Å². The Morgan fingerprint density at radius 3 is 2.38 bits per heavy atom. The number of aromatic nitrogens is 1. The minimum Gasteiger partial charge on any atom is -0.342 e. The Hall–Kier alpha value is -2.59. The van der Waals surface area contributed by atoms with Crippen LogP contribution in [0.2, 0.25) is 0 Å². The average molecular weight is 430 g/mol. The second-order valence-electron chi connectivity index (χ2n) is 9.64. The Labute approximate surface area is 191 Å². The van der Waals surface area contributed by atoms with Gasteiger partial charge in [-0.2, -0.15) is 0 Å². The molecule has 4 nitrogen and oxygen atoms in total. The number of piperidine rings is 2. The highest BCUT2D eigenvalue weighted by Gasteiger charge is 2.29. The lowest BCUT2D eigenvalue weighted by atomic mass is 9.94. The fourth-order valence-electron chi connectivity index (χ4n) is 5.48. The van der Waals surface area contributed by atoms with E-state index in [0.717, 1.165) is 52.1 Å². The largest absolute Gasteiger partial charge is 0.342 e. The number of likely N-dealkylation sites (tertiary alicyclic amines) is 2. The molecule has 2 aliphatic rings. The van der Waals surface area contributed by atoms with Crippen molar-refractivity contribution in [1.82, 2.24) is 14.4 Å². The van der Waals surface area contributed by atoms with Crippen molar-refractivity contribution in [2.75, 3.05) is 26.2 Å². The maximum Gasteiger partial charge on any atom is 0.225 e. The molecule has 168 valence electrons. The van der Waals surface area contributed by atoms with Gasteiger partial charge in [-0.05, 0) is 80.8 Å². The van der Waals surface area contributed by atoms with Crippen molar-refractivity contribution in [3.05, 3.63) is 71.4 Å². The highest BCUT2D eigenvalue weighted by molar-refractivity contribution is 5.81. The molecule has 5 rings (SSSR count). The van der Waals surface area contributed by atoms with Gasteiger partial charge < -0.3 is 9.47 Å². The van der Waals surface area contributed by atoms with Crippen molar-refractivity contribution < 1.29 is 4.79 Å². The Morgan fingerprint density at radius 2 is 1.59 bits per heavy atom. The lowest BCUT2D eigenvalue weighted by Gasteiger charge is -2.35. The summed E-state index contributed by atoms with van der Waals surface area (Å²) in [6.45, 7) is 8.01. The Bertz CT molecular complexity index is 1070. The van der Waals surface area contributed by atoms with Crippen molar-refractivity contribution in [2.45, 2.75) is 52.1 Å². The zero-order valence-electron chi connectivity index (χ0n) is 19.3. The second kappa shape index (κ2) is 9.50. The van der Waals surface area contributed by atoms with Crippen LogP contribution in [0.5, 0.6) is 0 Å². The van der Waals surface area contributed by atoms with Crippen LogP contribution in [0, 0.1) is 12.8 Å². The lowest BCUT2D eigenvalue weighted by molar-refractivity contribution is -0.138. The van der Waals surface area contributed by atoms with E-state index in [1.54, 1.807) is 0 Å². The topological polar surface area (TPSA) is 28.5 Å². The summed E-state index contributed by atoms with van der Waals surface area (Å²) < 4.78 is 2.49. The summed E-state index contributed by atoms with van der Waals surface area (Å²) in [4.78, 5) is 17.6. The van der Waals surface area contributed by atoms with Gasteiger partial charge >= 0.3 is 0 Å². The first-order valence-electron chi connectivity index (χ1n) is 12.3. The number of rotatable bonds is 5. The fraction of sp³-hybridized carbons (Fsp3) is 0.464. The van der Waals surface area contributed by atoms with Gasteiger partial charge in [-0.1, -0.05) is 42.5 Å². The normalized spacial score (nSPS) is 18.3. The molecular weight excluding hydrogens is 394 g/mol. The molecule has 3 aromatic rings. The van der Waals surface area contributed by atoms with E-state index in [9.17, 15) is 4.79 Å². The van der Waals surface area contributed by atoms with Gasteiger partial charge in [0.15, 0.2) is 0 Å². The van der Waals surface area contributed by atoms with Crippen LogP contribution in [0.25, 0.3) is 10.9 Å². The molecule has 0 atom stereocenters. The number of hydrogen-bond acceptors (Lipinski definition) is 2. The predicted octanol–water partition coefficient (Wildman–Crippen LogP) is 5.22. The molecule has 2 fully saturated rings. The van der Waals surface area contributed by atoms with Crippen LogP contribution >= 0.6 is 0 Å². The van der Waals surface area contributed by atoms with E-state index in [1.165, 1.54) is 47.0 Å². The lowest BCUT2D eigenvalue weighted by Crippen LogP contribution is -2.44. The molecular formula is C28H35N3O. The van der Waals surface area contributed by atoms with E-state index < -0.39 is 0 Å². The number of para-hydroxylation sites is 1. The van der Waals surface area contributed by atoms with Crippen molar-refractivity contribution in [2.24, 2.45) is 5.92 Å². The summed E-state index contributed by atoms with van der Waals surface area (Å²) >= 11 is 0. The minimum atomic E-state index is 0.224. The molecule has 0 radical (unpaired) electrons. The Balaban J connectivity index is 1.29. The quantitative estimate of drug-likeness (QED) is 0.556. The number of benzene rings is 2. The van der Waals surface area contributed by atoms with E-state index in [4.69, 9.17) is 0 Å². The molecule has 2 aromatic carbocycles. The molecule has 0 aliphatic carbocycles. The maximum absolute atomic E-state index is 12.9. The van der Waals surface area contributed by atoms with Crippen LogP contribution in [0.15, 0.2) is 54.6 Å². The van der Waals surface area contributed by atoms with Crippen LogP contribution in [0.3, 0.4) is 0 Å². The van der Waals surface area contributed by atoms with Crippen LogP contribution < -0.4 is 0 Å². The van der Waals surface area contributed by atoms with Gasteiger partial charge in [-0.25, -0.2) is 0 Å². The fourth-order valence-corrected chi connectivity index (χ4v) is 5.48. The van der Waals surface area contributed by atoms with E-state index in [1.807, 2.05) is 0 Å². The summed E-state index contributed by atoms with van der Waals surface area (Å²) in [6.07, 6.45) is 5.62. The average Bonchev–Trinajstić information content (AvgIpc) is 3.18. The van der Waals surface area contributed by atoms with Crippen LogP contribution in [0.1, 0.15) is 48.9 Å². The van der Waals surface area contributed by atoms with Gasteiger partial charge in [-0.15, -0.1) is 0 Å². The van der Waals surface area contributed by atoms with Crippen molar-refractivity contribution >= 4 is 16.8 Å². The number of carbonyl (C=O) groups excluding carboxylic acids is 1. The van der Waals surface area contributed by atoms with Gasteiger partial charge in [0.25, 0.3) is 0 Å². The molecule has 2 saturated heterocycles. The predicted molar refractivity (Wildman–Crippen MR) is 131 cm³/mol. The van der Waals surface area contributed by atoms with Crippen LogP contribution in [-0.2, 0) is 17.9 Å². The summed E-state index contributed by atoms with van der Waals surface area (Å²) in [7, 11) is 0. The van der Waals surface area contributed by atoms with Gasteiger partial charge in [0, 0.05) is 43.3 Å². The van der Waals surface area contributed by atoms with Crippen LogP contribution in [-0.4, -0.2) is 46.5 Å². The molecule has 0 bridgehead atoms. The van der Waals surface area contributed by atoms with Crippen LogP contribution in [0.4, 0.5) is 0 Å². The SMILES string of the molecule is Cc1ccccc1Cn1c(CN2CCC(C(=O)N3CCCCC3)CC2)cc2ccccc21. The first-order valence-corrected chi connectivity index (χ1v) is 12.3. The smallest absolute Gasteiger partial charge is 0.225 e. The van der Waals surface area contributed by atoms with E-state index in [-0.39, 0.29) is 5.92 Å². The number of fused-ring (bicyclic) bond motifs is 1. The molecule has 0 saturated carbocycles. The molecule has 4 heteroatoms. The monoisotopic (exact) mass is 429 g/mol. The standard InChI is InChI=1S/C28H35N3O/c1-22-9-3-4-11-25(22)20-31-26(19-24-10-5-6-12-27(24)31)21-29-17-13-23(14-18-29)28(32)30-15-7-2-8-16-30/h3-6,9-12,19,23H,2,7-8,13-18,20-21H2,1H3. The third-order valence-electron chi connectivity index (χ3n) is 7.48. The maximum atomic E-state index is 12.9. The summed E-state index contributed by atoms with van der Waals surface area (Å²) in [6, 6.07) is 19.8. The molecule has 3 heterocycles. The van der Waals surface area contributed by atoms with Gasteiger partial charge in [0.05, 0.1) is 0 Å². The summed E-state index contributed by atoms with van der Waals surface area (Å²) in [5.41, 5.74) is 5.39. The first kappa shape index (κ1) is 21.3. The number of hydrogen-bond donors (Lipinski definition) is 0. The molecule has 1 aromatic heterocycles. The molecule has 0 unspecified atom stereocenters. The van der Waals surface area contributed by atoms with Gasteiger partial charge in [0.2, 0.25) is 5.91 Å². The summed E-state index contributed by atoms with van der Waals surface area (Å²) in [5.74, 6) is 0.639. The molecule has 0 N–H and O–H groups in total. The molecule has 1 amide bonds.